The molecule has 0 saturated carbocycles. The minimum atomic E-state index is -0.289. The van der Waals surface area contributed by atoms with Gasteiger partial charge in [0.1, 0.15) is 5.82 Å². The highest BCUT2D eigenvalue weighted by Crippen LogP contribution is 2.31. The Morgan fingerprint density at radius 3 is 2.70 bits per heavy atom. The van der Waals surface area contributed by atoms with E-state index in [1.165, 1.54) is 5.69 Å². The Bertz CT molecular complexity index is 495. The van der Waals surface area contributed by atoms with Gasteiger partial charge in [-0.05, 0) is 59.5 Å². The van der Waals surface area contributed by atoms with Crippen LogP contribution in [0.3, 0.4) is 0 Å². The van der Waals surface area contributed by atoms with Crippen LogP contribution in [0, 0.1) is 13.8 Å². The van der Waals surface area contributed by atoms with Crippen LogP contribution in [0.5, 0.6) is 0 Å². The first kappa shape index (κ1) is 16.9. The molecule has 2 atom stereocenters. The van der Waals surface area contributed by atoms with E-state index in [9.17, 15) is 5.11 Å². The molecule has 2 aliphatic heterocycles. The number of piperidine rings is 1. The maximum absolute atomic E-state index is 10.4. The van der Waals surface area contributed by atoms with E-state index in [-0.39, 0.29) is 11.7 Å². The van der Waals surface area contributed by atoms with Gasteiger partial charge in [-0.2, -0.15) is 0 Å². The Balaban J connectivity index is 1.45. The average Bonchev–Trinajstić information content (AvgIpc) is 3.06. The number of nitrogens with zero attached hydrogens (tertiary/aromatic N) is 2. The molecule has 23 heavy (non-hydrogen) atoms. The molecule has 0 aromatic carbocycles. The van der Waals surface area contributed by atoms with Crippen molar-refractivity contribution in [2.45, 2.75) is 70.5 Å². The lowest BCUT2D eigenvalue weighted by atomic mass is 9.93. The van der Waals surface area contributed by atoms with E-state index >= 15 is 0 Å². The summed E-state index contributed by atoms with van der Waals surface area (Å²) in [5, 5.41) is 10.4. The van der Waals surface area contributed by atoms with E-state index in [0.717, 1.165) is 69.9 Å². The van der Waals surface area contributed by atoms with Gasteiger partial charge in [0, 0.05) is 31.2 Å². The van der Waals surface area contributed by atoms with Crippen LogP contribution in [-0.4, -0.2) is 57.9 Å². The van der Waals surface area contributed by atoms with Crippen LogP contribution >= 0.6 is 0 Å². The van der Waals surface area contributed by atoms with Crippen LogP contribution in [0.2, 0.25) is 0 Å². The molecule has 2 saturated heterocycles. The fourth-order valence-electron chi connectivity index (χ4n) is 4.02. The number of aliphatic hydroxyl groups is 1. The number of hydrogen-bond acceptors (Lipinski definition) is 4. The van der Waals surface area contributed by atoms with Crippen molar-refractivity contribution < 1.29 is 9.84 Å². The fourth-order valence-corrected chi connectivity index (χ4v) is 4.02. The summed E-state index contributed by atoms with van der Waals surface area (Å²) in [6.07, 6.45) is 4.89. The Morgan fingerprint density at radius 2 is 2.13 bits per heavy atom. The molecule has 1 aromatic rings. The molecule has 2 N–H and O–H groups in total. The number of β-amino-alcohol motifs (C(OH)–C–C–N with tert-alkyl or cyclic N) is 1. The number of hydrogen-bond donors (Lipinski definition) is 2. The van der Waals surface area contributed by atoms with Crippen LogP contribution in [0.4, 0.5) is 0 Å². The number of rotatable bonds is 5. The molecule has 3 rings (SSSR count). The molecule has 0 bridgehead atoms. The lowest BCUT2D eigenvalue weighted by Gasteiger charge is -2.34. The van der Waals surface area contributed by atoms with Crippen molar-refractivity contribution in [3.05, 3.63) is 17.2 Å². The molecule has 2 aliphatic rings. The maximum Gasteiger partial charge on any atom is 0.109 e. The molecule has 5 nitrogen and oxygen atoms in total. The monoisotopic (exact) mass is 321 g/mol. The number of aliphatic hydroxyl groups excluding tert-OH is 1. The van der Waals surface area contributed by atoms with Gasteiger partial charge in [0.05, 0.1) is 17.4 Å². The molecule has 1 aromatic heterocycles. The molecule has 2 fully saturated rings. The summed E-state index contributed by atoms with van der Waals surface area (Å²) < 4.78 is 5.80. The van der Waals surface area contributed by atoms with Gasteiger partial charge < -0.3 is 19.7 Å². The van der Waals surface area contributed by atoms with Crippen molar-refractivity contribution >= 4 is 0 Å². The molecule has 0 radical (unpaired) electrons. The van der Waals surface area contributed by atoms with Crippen LogP contribution in [0.25, 0.3) is 0 Å². The highest BCUT2D eigenvalue weighted by Gasteiger charge is 2.33. The number of nitrogens with one attached hydrogen (secondary N) is 1. The molecule has 5 heteroatoms. The third kappa shape index (κ3) is 4.14. The zero-order valence-corrected chi connectivity index (χ0v) is 14.8. The lowest BCUT2D eigenvalue weighted by molar-refractivity contribution is -0.0292. The summed E-state index contributed by atoms with van der Waals surface area (Å²) in [6.45, 7) is 9.97. The summed E-state index contributed by atoms with van der Waals surface area (Å²) in [7, 11) is 0. The second-order valence-corrected chi connectivity index (χ2v) is 7.67. The van der Waals surface area contributed by atoms with Crippen LogP contribution in [-0.2, 0) is 4.74 Å². The molecule has 3 heterocycles. The number of imidazole rings is 1. The van der Waals surface area contributed by atoms with Crippen LogP contribution in [0.1, 0.15) is 62.2 Å². The molecular formula is C18H31N3O2. The van der Waals surface area contributed by atoms with Gasteiger partial charge in [-0.3, -0.25) is 0 Å². The van der Waals surface area contributed by atoms with Crippen LogP contribution < -0.4 is 0 Å². The van der Waals surface area contributed by atoms with Crippen molar-refractivity contribution in [3.63, 3.8) is 0 Å². The summed E-state index contributed by atoms with van der Waals surface area (Å²) in [4.78, 5) is 10.5. The maximum atomic E-state index is 10.4. The highest BCUT2D eigenvalue weighted by atomic mass is 16.5. The standard InChI is InChI=1S/C18H31N3O2/c1-13-14(2)20-17(19-13)15-5-8-21(9-6-15)12-16(22)11-18(3)7-4-10-23-18/h15-16,22H,4-12H2,1-3H3,(H,19,20). The summed E-state index contributed by atoms with van der Waals surface area (Å²) >= 11 is 0. The van der Waals surface area contributed by atoms with Gasteiger partial charge >= 0.3 is 0 Å². The molecule has 0 amide bonds. The minimum absolute atomic E-state index is 0.110. The Kier molecular flexibility index (Phi) is 5.09. The van der Waals surface area contributed by atoms with Crippen molar-refractivity contribution in [1.82, 2.24) is 14.9 Å². The third-order valence-electron chi connectivity index (χ3n) is 5.56. The first-order chi connectivity index (χ1) is 11.0. The van der Waals surface area contributed by atoms with Crippen molar-refractivity contribution in [1.29, 1.82) is 0 Å². The quantitative estimate of drug-likeness (QED) is 0.875. The second-order valence-electron chi connectivity index (χ2n) is 7.67. The van der Waals surface area contributed by atoms with Crippen molar-refractivity contribution in [3.8, 4) is 0 Å². The zero-order chi connectivity index (χ0) is 16.4. The molecule has 130 valence electrons. The summed E-state index contributed by atoms with van der Waals surface area (Å²) in [5.41, 5.74) is 2.19. The van der Waals surface area contributed by atoms with Crippen molar-refractivity contribution in [2.24, 2.45) is 0 Å². The third-order valence-corrected chi connectivity index (χ3v) is 5.56. The van der Waals surface area contributed by atoms with Crippen molar-refractivity contribution in [2.75, 3.05) is 26.2 Å². The Morgan fingerprint density at radius 1 is 1.39 bits per heavy atom. The van der Waals surface area contributed by atoms with Gasteiger partial charge in [-0.25, -0.2) is 4.98 Å². The molecule has 2 unspecified atom stereocenters. The van der Waals surface area contributed by atoms with Gasteiger partial charge in [0.15, 0.2) is 0 Å². The molecule has 0 spiro atoms. The lowest BCUT2D eigenvalue weighted by Crippen LogP contribution is -2.41. The number of aromatic amines is 1. The summed E-state index contributed by atoms with van der Waals surface area (Å²) in [6, 6.07) is 0. The van der Waals surface area contributed by atoms with E-state index in [4.69, 9.17) is 4.74 Å². The van der Waals surface area contributed by atoms with E-state index in [1.807, 2.05) is 0 Å². The fraction of sp³-hybridized carbons (Fsp3) is 0.833. The first-order valence-corrected chi connectivity index (χ1v) is 9.03. The summed E-state index contributed by atoms with van der Waals surface area (Å²) in [5.74, 6) is 1.68. The highest BCUT2D eigenvalue weighted by molar-refractivity contribution is 5.14. The van der Waals surface area contributed by atoms with E-state index < -0.39 is 0 Å². The zero-order valence-electron chi connectivity index (χ0n) is 14.8. The number of ether oxygens (including phenoxy) is 1. The molecular weight excluding hydrogens is 290 g/mol. The van der Waals surface area contributed by atoms with Gasteiger partial charge in [-0.15, -0.1) is 0 Å². The largest absolute Gasteiger partial charge is 0.392 e. The Hall–Kier alpha value is -0.910. The number of aryl methyl sites for hydroxylation is 2. The van der Waals surface area contributed by atoms with E-state index in [0.29, 0.717) is 5.92 Å². The van der Waals surface area contributed by atoms with E-state index in [2.05, 4.69) is 35.6 Å². The number of H-pyrrole nitrogens is 1. The Labute approximate surface area is 139 Å². The predicted molar refractivity (Wildman–Crippen MR) is 90.7 cm³/mol. The minimum Gasteiger partial charge on any atom is -0.392 e. The smallest absolute Gasteiger partial charge is 0.109 e. The number of aromatic nitrogens is 2. The van der Waals surface area contributed by atoms with Crippen LogP contribution in [0.15, 0.2) is 0 Å². The number of likely N-dealkylation sites (tertiary alicyclic amines) is 1. The van der Waals surface area contributed by atoms with Gasteiger partial charge in [0.2, 0.25) is 0 Å². The van der Waals surface area contributed by atoms with Gasteiger partial charge in [0.25, 0.3) is 0 Å². The normalized spacial score (nSPS) is 28.3. The van der Waals surface area contributed by atoms with Gasteiger partial charge in [-0.1, -0.05) is 0 Å². The first-order valence-electron chi connectivity index (χ1n) is 9.03. The second kappa shape index (κ2) is 6.91. The average molecular weight is 321 g/mol. The molecule has 0 aliphatic carbocycles. The predicted octanol–water partition coefficient (Wildman–Crippen LogP) is 2.53. The SMILES string of the molecule is Cc1nc(C2CCN(CC(O)CC3(C)CCCO3)CC2)[nH]c1C. The topological polar surface area (TPSA) is 61.4 Å². The van der Waals surface area contributed by atoms with E-state index in [1.54, 1.807) is 0 Å².